The molecule has 0 radical (unpaired) electrons. The summed E-state index contributed by atoms with van der Waals surface area (Å²) in [4.78, 5) is 13.0. The van der Waals surface area contributed by atoms with Crippen molar-refractivity contribution in [1.29, 1.82) is 0 Å². The topological polar surface area (TPSA) is 57.5 Å². The van der Waals surface area contributed by atoms with Crippen molar-refractivity contribution in [3.8, 4) is 5.75 Å². The Labute approximate surface area is 130 Å². The van der Waals surface area contributed by atoms with E-state index in [2.05, 4.69) is 0 Å². The minimum absolute atomic E-state index is 0.00453. The number of hydrogen-bond acceptors (Lipinski definition) is 3. The Bertz CT molecular complexity index is 670. The standard InChI is InChI=1S/C19H22O3/c1-9-7-13(20)8-10(2)14(9)17-18(21)15-11-3-4-12(6-5-11)16(15)19(17)22/h7-8,11-12,15-16,20-21H,3-6H2,1-2H3. The van der Waals surface area contributed by atoms with E-state index >= 15 is 0 Å². The molecule has 0 spiro atoms. The first kappa shape index (κ1) is 13.9. The van der Waals surface area contributed by atoms with Gasteiger partial charge in [0.15, 0.2) is 5.78 Å². The van der Waals surface area contributed by atoms with Gasteiger partial charge in [-0.2, -0.15) is 0 Å². The zero-order valence-electron chi connectivity index (χ0n) is 13.1. The van der Waals surface area contributed by atoms with Crippen LogP contribution in [-0.2, 0) is 4.79 Å². The van der Waals surface area contributed by atoms with Crippen LogP contribution in [0.5, 0.6) is 5.75 Å². The molecule has 2 unspecified atom stereocenters. The van der Waals surface area contributed by atoms with Gasteiger partial charge in [0, 0.05) is 11.8 Å². The molecule has 22 heavy (non-hydrogen) atoms. The van der Waals surface area contributed by atoms with Gasteiger partial charge in [0.2, 0.25) is 0 Å². The van der Waals surface area contributed by atoms with Crippen LogP contribution in [0, 0.1) is 37.5 Å². The third-order valence-electron chi connectivity index (χ3n) is 6.11. The summed E-state index contributed by atoms with van der Waals surface area (Å²) in [5.41, 5.74) is 3.08. The zero-order valence-corrected chi connectivity index (χ0v) is 13.1. The fourth-order valence-corrected chi connectivity index (χ4v) is 5.27. The van der Waals surface area contributed by atoms with E-state index < -0.39 is 0 Å². The molecule has 4 aliphatic rings. The molecule has 0 saturated heterocycles. The lowest BCUT2D eigenvalue weighted by atomic mass is 9.59. The van der Waals surface area contributed by atoms with Gasteiger partial charge < -0.3 is 10.2 Å². The van der Waals surface area contributed by atoms with Gasteiger partial charge in [-0.3, -0.25) is 4.79 Å². The van der Waals surface area contributed by atoms with Gasteiger partial charge in [-0.1, -0.05) is 0 Å². The quantitative estimate of drug-likeness (QED) is 0.826. The van der Waals surface area contributed by atoms with Crippen molar-refractivity contribution in [3.63, 3.8) is 0 Å². The average Bonchev–Trinajstić information content (AvgIpc) is 2.75. The normalized spacial score (nSPS) is 33.5. The van der Waals surface area contributed by atoms with E-state index in [1.807, 2.05) is 13.8 Å². The number of fused-ring (bicyclic) bond motifs is 2. The molecule has 0 aliphatic heterocycles. The zero-order chi connectivity index (χ0) is 15.6. The highest BCUT2D eigenvalue weighted by Crippen LogP contribution is 2.57. The second-order valence-corrected chi connectivity index (χ2v) is 7.31. The molecule has 3 fully saturated rings. The molecule has 3 saturated carbocycles. The van der Waals surface area contributed by atoms with Crippen LogP contribution in [0.1, 0.15) is 42.4 Å². The van der Waals surface area contributed by atoms with E-state index in [0.717, 1.165) is 42.4 Å². The number of phenols is 1. The van der Waals surface area contributed by atoms with Gasteiger partial charge in [-0.05, 0) is 80.2 Å². The van der Waals surface area contributed by atoms with Crippen molar-refractivity contribution in [2.75, 3.05) is 0 Å². The van der Waals surface area contributed by atoms with Crippen molar-refractivity contribution in [1.82, 2.24) is 0 Å². The monoisotopic (exact) mass is 298 g/mol. The van der Waals surface area contributed by atoms with Crippen LogP contribution in [0.2, 0.25) is 0 Å². The summed E-state index contributed by atoms with van der Waals surface area (Å²) in [6.45, 7) is 3.79. The second kappa shape index (κ2) is 4.61. The van der Waals surface area contributed by atoms with Crippen molar-refractivity contribution in [3.05, 3.63) is 34.6 Å². The third kappa shape index (κ3) is 1.71. The van der Waals surface area contributed by atoms with Crippen LogP contribution in [-0.4, -0.2) is 16.0 Å². The van der Waals surface area contributed by atoms with Gasteiger partial charge in [0.05, 0.1) is 5.57 Å². The van der Waals surface area contributed by atoms with Crippen LogP contribution in [0.25, 0.3) is 5.57 Å². The highest BCUT2D eigenvalue weighted by atomic mass is 16.3. The van der Waals surface area contributed by atoms with E-state index in [0.29, 0.717) is 23.2 Å². The number of aromatic hydroxyl groups is 1. The molecule has 2 N–H and O–H groups in total. The maximum Gasteiger partial charge on any atom is 0.170 e. The number of ketones is 1. The minimum atomic E-state index is -0.00453. The van der Waals surface area contributed by atoms with Gasteiger partial charge >= 0.3 is 0 Å². The molecule has 0 amide bonds. The first-order valence-electron chi connectivity index (χ1n) is 8.27. The molecule has 2 atom stereocenters. The molecular weight excluding hydrogens is 276 g/mol. The Morgan fingerprint density at radius 1 is 0.909 bits per heavy atom. The summed E-state index contributed by atoms with van der Waals surface area (Å²) in [6.07, 6.45) is 4.55. The van der Waals surface area contributed by atoms with Crippen molar-refractivity contribution < 1.29 is 15.0 Å². The SMILES string of the molecule is Cc1cc(O)cc(C)c1C1=C(O)C2C3CCC(CC3)C2C1=O. The Balaban J connectivity index is 1.87. The second-order valence-electron chi connectivity index (χ2n) is 7.31. The summed E-state index contributed by atoms with van der Waals surface area (Å²) >= 11 is 0. The van der Waals surface area contributed by atoms with E-state index in [1.165, 1.54) is 0 Å². The first-order chi connectivity index (χ1) is 10.5. The van der Waals surface area contributed by atoms with Gasteiger partial charge in [-0.15, -0.1) is 0 Å². The number of carbonyl (C=O) groups is 1. The Morgan fingerprint density at radius 2 is 1.41 bits per heavy atom. The average molecular weight is 298 g/mol. The predicted molar refractivity (Wildman–Crippen MR) is 84.6 cm³/mol. The minimum Gasteiger partial charge on any atom is -0.511 e. The predicted octanol–water partition coefficient (Wildman–Crippen LogP) is 3.91. The lowest BCUT2D eigenvalue weighted by molar-refractivity contribution is -0.123. The fourth-order valence-electron chi connectivity index (χ4n) is 5.27. The number of rotatable bonds is 1. The van der Waals surface area contributed by atoms with Crippen LogP contribution < -0.4 is 0 Å². The lowest BCUT2D eigenvalue weighted by Gasteiger charge is -2.44. The number of aliphatic hydroxyl groups is 1. The lowest BCUT2D eigenvalue weighted by Crippen LogP contribution is -2.41. The molecule has 116 valence electrons. The molecule has 0 aromatic heterocycles. The summed E-state index contributed by atoms with van der Waals surface area (Å²) < 4.78 is 0. The molecule has 1 aromatic carbocycles. The third-order valence-corrected chi connectivity index (χ3v) is 6.11. The van der Waals surface area contributed by atoms with Crippen LogP contribution in [0.4, 0.5) is 0 Å². The van der Waals surface area contributed by atoms with Gasteiger partial charge in [0.25, 0.3) is 0 Å². The number of allylic oxidation sites excluding steroid dienone is 2. The van der Waals surface area contributed by atoms with E-state index in [-0.39, 0.29) is 23.4 Å². The number of phenolic OH excluding ortho intramolecular Hbond substituents is 1. The Morgan fingerprint density at radius 3 is 1.91 bits per heavy atom. The molecule has 4 aliphatic carbocycles. The largest absolute Gasteiger partial charge is 0.511 e. The van der Waals surface area contributed by atoms with Crippen LogP contribution in [0.15, 0.2) is 17.9 Å². The molecule has 3 nitrogen and oxygen atoms in total. The number of Topliss-reactive ketones (excluding diaryl/α,β-unsaturated/α-hetero) is 1. The smallest absolute Gasteiger partial charge is 0.170 e. The summed E-state index contributed by atoms with van der Waals surface area (Å²) in [7, 11) is 0. The molecule has 0 heterocycles. The van der Waals surface area contributed by atoms with Gasteiger partial charge in [-0.25, -0.2) is 0 Å². The molecule has 5 rings (SSSR count). The van der Waals surface area contributed by atoms with E-state index in [9.17, 15) is 15.0 Å². The van der Waals surface area contributed by atoms with Crippen molar-refractivity contribution in [2.45, 2.75) is 39.5 Å². The molecular formula is C19H22O3. The summed E-state index contributed by atoms with van der Waals surface area (Å²) in [5.74, 6) is 1.61. The van der Waals surface area contributed by atoms with Crippen molar-refractivity contribution >= 4 is 11.4 Å². The number of hydrogen-bond donors (Lipinski definition) is 2. The van der Waals surface area contributed by atoms with Crippen LogP contribution in [0.3, 0.4) is 0 Å². The highest BCUT2D eigenvalue weighted by molar-refractivity contribution is 6.25. The van der Waals surface area contributed by atoms with Crippen LogP contribution >= 0.6 is 0 Å². The fraction of sp³-hybridized carbons (Fsp3) is 0.526. The summed E-state index contributed by atoms with van der Waals surface area (Å²) in [5, 5.41) is 20.6. The number of carbonyl (C=O) groups excluding carboxylic acids is 1. The summed E-state index contributed by atoms with van der Waals surface area (Å²) in [6, 6.07) is 3.35. The Hall–Kier alpha value is -1.77. The molecule has 2 bridgehead atoms. The number of aryl methyl sites for hydroxylation is 2. The van der Waals surface area contributed by atoms with Gasteiger partial charge in [0.1, 0.15) is 11.5 Å². The maximum absolute atomic E-state index is 13.0. The Kier molecular flexibility index (Phi) is 2.91. The number of benzene rings is 1. The van der Waals surface area contributed by atoms with Crippen molar-refractivity contribution in [2.24, 2.45) is 23.7 Å². The van der Waals surface area contributed by atoms with E-state index in [1.54, 1.807) is 12.1 Å². The van der Waals surface area contributed by atoms with E-state index in [4.69, 9.17) is 0 Å². The molecule has 1 aromatic rings. The highest BCUT2D eigenvalue weighted by Gasteiger charge is 2.54. The number of aliphatic hydroxyl groups excluding tert-OH is 1. The maximum atomic E-state index is 13.0. The molecule has 3 heteroatoms. The first-order valence-corrected chi connectivity index (χ1v) is 8.27.